The normalized spacial score (nSPS) is 13.9. The zero-order valence-corrected chi connectivity index (χ0v) is 18.2. The van der Waals surface area contributed by atoms with Crippen LogP contribution in [0.2, 0.25) is 0 Å². The topological polar surface area (TPSA) is 87.7 Å². The van der Waals surface area contributed by atoms with E-state index in [-0.39, 0.29) is 11.0 Å². The van der Waals surface area contributed by atoms with Gasteiger partial charge in [-0.1, -0.05) is 12.1 Å². The van der Waals surface area contributed by atoms with E-state index in [1.807, 2.05) is 48.5 Å². The molecule has 1 amide bonds. The molecular weight excluding hydrogens is 414 g/mol. The van der Waals surface area contributed by atoms with Crippen LogP contribution in [0.4, 0.5) is 16.3 Å². The van der Waals surface area contributed by atoms with E-state index in [1.54, 1.807) is 11.8 Å². The van der Waals surface area contributed by atoms with Crippen LogP contribution in [0.1, 0.15) is 17.3 Å². The second-order valence-electron chi connectivity index (χ2n) is 7.12. The molecule has 8 nitrogen and oxygen atoms in total. The molecule has 0 radical (unpaired) electrons. The Labute approximate surface area is 184 Å². The highest BCUT2D eigenvalue weighted by atomic mass is 32.2. The van der Waals surface area contributed by atoms with Gasteiger partial charge in [0.15, 0.2) is 5.78 Å². The molecule has 160 valence electrons. The molecule has 4 rings (SSSR count). The van der Waals surface area contributed by atoms with Crippen molar-refractivity contribution in [3.05, 3.63) is 54.1 Å². The van der Waals surface area contributed by atoms with E-state index in [4.69, 9.17) is 4.74 Å². The van der Waals surface area contributed by atoms with Crippen LogP contribution in [-0.4, -0.2) is 59.2 Å². The number of Topliss-reactive ketones (excluding diaryl/α,β-unsaturated/α-hetero) is 1. The number of nitrogens with zero attached hydrogens (tertiary/aromatic N) is 4. The standard InChI is InChI=1S/C22H23N5O3S/c1-15(28)16-7-9-17(10-8-16)26-11-13-27(14-12-26)22(29)31-25-20-21(30-2)24-19-6-4-3-5-18(19)23-20/h3-10H,11-14H2,1-2H3,(H,23,25). The fourth-order valence-corrected chi connectivity index (χ4v) is 4.03. The van der Waals surface area contributed by atoms with E-state index in [0.717, 1.165) is 41.8 Å². The van der Waals surface area contributed by atoms with Crippen LogP contribution in [0, 0.1) is 0 Å². The number of ether oxygens (including phenoxy) is 1. The quantitative estimate of drug-likeness (QED) is 0.476. The first-order valence-corrected chi connectivity index (χ1v) is 10.8. The third kappa shape index (κ3) is 4.72. The minimum Gasteiger partial charge on any atom is -0.478 e. The van der Waals surface area contributed by atoms with E-state index < -0.39 is 0 Å². The third-order valence-corrected chi connectivity index (χ3v) is 5.87. The minimum atomic E-state index is -0.0800. The van der Waals surface area contributed by atoms with Crippen LogP contribution in [0.15, 0.2) is 48.5 Å². The Bertz CT molecular complexity index is 1100. The maximum absolute atomic E-state index is 12.7. The lowest BCUT2D eigenvalue weighted by molar-refractivity contribution is 0.101. The molecule has 2 heterocycles. The number of carbonyl (C=O) groups is 2. The van der Waals surface area contributed by atoms with Gasteiger partial charge in [-0.05, 0) is 43.3 Å². The zero-order chi connectivity index (χ0) is 21.8. The molecule has 2 aromatic carbocycles. The van der Waals surface area contributed by atoms with Gasteiger partial charge in [0.2, 0.25) is 5.82 Å². The first-order chi connectivity index (χ1) is 15.0. The van der Waals surface area contributed by atoms with Crippen molar-refractivity contribution in [1.29, 1.82) is 0 Å². The Kier molecular flexibility index (Phi) is 6.22. The molecule has 31 heavy (non-hydrogen) atoms. The molecular formula is C22H23N5O3S. The zero-order valence-electron chi connectivity index (χ0n) is 17.4. The van der Waals surface area contributed by atoms with Gasteiger partial charge < -0.3 is 19.3 Å². The summed E-state index contributed by atoms with van der Waals surface area (Å²) in [6.45, 7) is 4.24. The molecule has 1 aliphatic rings. The number of anilines is 2. The average molecular weight is 438 g/mol. The Hall–Kier alpha value is -3.33. The van der Waals surface area contributed by atoms with Gasteiger partial charge in [0.05, 0.1) is 18.1 Å². The molecule has 0 unspecified atom stereocenters. The summed E-state index contributed by atoms with van der Waals surface area (Å²) in [6.07, 6.45) is 0. The molecule has 0 aliphatic carbocycles. The van der Waals surface area contributed by atoms with Gasteiger partial charge in [-0.25, -0.2) is 9.97 Å². The molecule has 0 atom stereocenters. The summed E-state index contributed by atoms with van der Waals surface area (Å²) in [7, 11) is 1.53. The molecule has 1 saturated heterocycles. The average Bonchev–Trinajstić information content (AvgIpc) is 2.82. The van der Waals surface area contributed by atoms with E-state index in [0.29, 0.717) is 30.4 Å². The van der Waals surface area contributed by atoms with Crippen molar-refractivity contribution in [1.82, 2.24) is 14.9 Å². The van der Waals surface area contributed by atoms with Crippen molar-refractivity contribution in [2.24, 2.45) is 0 Å². The fourth-order valence-electron chi connectivity index (χ4n) is 3.40. The Morgan fingerprint density at radius 2 is 1.61 bits per heavy atom. The SMILES string of the molecule is COc1nc2ccccc2nc1NSC(=O)N1CCN(c2ccc(C(C)=O)cc2)CC1. The number of hydrogen-bond donors (Lipinski definition) is 1. The molecule has 0 bridgehead atoms. The summed E-state index contributed by atoms with van der Waals surface area (Å²) >= 11 is 0.975. The van der Waals surface area contributed by atoms with Crippen molar-refractivity contribution < 1.29 is 14.3 Å². The number of hydrogen-bond acceptors (Lipinski definition) is 8. The maximum atomic E-state index is 12.7. The molecule has 3 aromatic rings. The lowest BCUT2D eigenvalue weighted by Crippen LogP contribution is -2.47. The lowest BCUT2D eigenvalue weighted by atomic mass is 10.1. The molecule has 0 spiro atoms. The molecule has 1 aromatic heterocycles. The number of para-hydroxylation sites is 2. The minimum absolute atomic E-state index is 0.0548. The fraction of sp³-hybridized carbons (Fsp3) is 0.273. The molecule has 9 heteroatoms. The van der Waals surface area contributed by atoms with Crippen molar-refractivity contribution in [3.63, 3.8) is 0 Å². The van der Waals surface area contributed by atoms with E-state index in [2.05, 4.69) is 19.6 Å². The van der Waals surface area contributed by atoms with E-state index in [1.165, 1.54) is 7.11 Å². The first kappa shape index (κ1) is 20.9. The highest BCUT2D eigenvalue weighted by Crippen LogP contribution is 2.26. The number of benzene rings is 2. The summed E-state index contributed by atoms with van der Waals surface area (Å²) in [4.78, 5) is 37.1. The van der Waals surface area contributed by atoms with Gasteiger partial charge in [-0.3, -0.25) is 9.59 Å². The second kappa shape index (κ2) is 9.22. The highest BCUT2D eigenvalue weighted by molar-refractivity contribution is 8.14. The number of piperazine rings is 1. The van der Waals surface area contributed by atoms with Crippen LogP contribution in [-0.2, 0) is 0 Å². The number of amides is 1. The van der Waals surface area contributed by atoms with Crippen LogP contribution >= 0.6 is 11.9 Å². The Morgan fingerprint density at radius 3 is 2.23 bits per heavy atom. The Balaban J connectivity index is 1.34. The van der Waals surface area contributed by atoms with Crippen LogP contribution in [0.3, 0.4) is 0 Å². The summed E-state index contributed by atoms with van der Waals surface area (Å²) in [6, 6.07) is 15.1. The number of carbonyl (C=O) groups excluding carboxylic acids is 2. The molecule has 1 aliphatic heterocycles. The smallest absolute Gasteiger partial charge is 0.302 e. The molecule has 1 fully saturated rings. The van der Waals surface area contributed by atoms with Crippen LogP contribution in [0.25, 0.3) is 11.0 Å². The molecule has 1 N–H and O–H groups in total. The van der Waals surface area contributed by atoms with Gasteiger partial charge in [0, 0.05) is 49.4 Å². The first-order valence-electron chi connectivity index (χ1n) is 9.93. The van der Waals surface area contributed by atoms with Gasteiger partial charge >= 0.3 is 5.24 Å². The number of rotatable bonds is 5. The van der Waals surface area contributed by atoms with Gasteiger partial charge in [-0.15, -0.1) is 0 Å². The summed E-state index contributed by atoms with van der Waals surface area (Å²) in [5.74, 6) is 0.820. The highest BCUT2D eigenvalue weighted by Gasteiger charge is 2.22. The van der Waals surface area contributed by atoms with Crippen molar-refractivity contribution in [2.45, 2.75) is 6.92 Å². The Morgan fingerprint density at radius 1 is 0.968 bits per heavy atom. The predicted octanol–water partition coefficient (Wildman–Crippen LogP) is 3.84. The summed E-state index contributed by atoms with van der Waals surface area (Å²) in [5.41, 5.74) is 3.21. The third-order valence-electron chi connectivity index (χ3n) is 5.14. The number of fused-ring (bicyclic) bond motifs is 1. The second-order valence-corrected chi connectivity index (χ2v) is 7.87. The van der Waals surface area contributed by atoms with Crippen molar-refractivity contribution in [2.75, 3.05) is 42.9 Å². The van der Waals surface area contributed by atoms with Gasteiger partial charge in [0.1, 0.15) is 0 Å². The van der Waals surface area contributed by atoms with E-state index >= 15 is 0 Å². The predicted molar refractivity (Wildman–Crippen MR) is 123 cm³/mol. The van der Waals surface area contributed by atoms with Crippen LogP contribution < -0.4 is 14.4 Å². The van der Waals surface area contributed by atoms with E-state index in [9.17, 15) is 9.59 Å². The van der Waals surface area contributed by atoms with Gasteiger partial charge in [0.25, 0.3) is 5.88 Å². The van der Waals surface area contributed by atoms with Crippen molar-refractivity contribution in [3.8, 4) is 5.88 Å². The monoisotopic (exact) mass is 437 g/mol. The van der Waals surface area contributed by atoms with Crippen molar-refractivity contribution >= 4 is 45.5 Å². The number of methoxy groups -OCH3 is 1. The summed E-state index contributed by atoms with van der Waals surface area (Å²) in [5, 5.41) is -0.0800. The van der Waals surface area contributed by atoms with Gasteiger partial charge in [-0.2, -0.15) is 0 Å². The summed E-state index contributed by atoms with van der Waals surface area (Å²) < 4.78 is 8.31. The molecule has 0 saturated carbocycles. The van der Waals surface area contributed by atoms with Crippen LogP contribution in [0.5, 0.6) is 5.88 Å². The number of aromatic nitrogens is 2. The maximum Gasteiger partial charge on any atom is 0.302 e. The largest absolute Gasteiger partial charge is 0.478 e. The lowest BCUT2D eigenvalue weighted by Gasteiger charge is -2.35. The number of nitrogens with one attached hydrogen (secondary N) is 1. The number of ketones is 1.